The first-order valence-corrected chi connectivity index (χ1v) is 10.3. The van der Waals surface area contributed by atoms with Crippen LogP contribution in [0.15, 0.2) is 36.8 Å². The van der Waals surface area contributed by atoms with Crippen molar-refractivity contribution >= 4 is 11.6 Å². The van der Waals surface area contributed by atoms with Crippen molar-refractivity contribution in [3.05, 3.63) is 36.8 Å². The van der Waals surface area contributed by atoms with E-state index >= 15 is 0 Å². The summed E-state index contributed by atoms with van der Waals surface area (Å²) in [5.74, 6) is 1.55. The molecular weight excluding hydrogens is 352 g/mol. The van der Waals surface area contributed by atoms with Crippen LogP contribution in [0.1, 0.15) is 39.5 Å². The number of pyridine rings is 1. The van der Waals surface area contributed by atoms with Crippen molar-refractivity contribution in [2.45, 2.75) is 51.7 Å². The summed E-state index contributed by atoms with van der Waals surface area (Å²) in [7, 11) is 0. The molecule has 1 aliphatic heterocycles. The number of hydrogen-bond donors (Lipinski definition) is 2. The van der Waals surface area contributed by atoms with Crippen LogP contribution in [0.4, 0.5) is 5.95 Å². The third-order valence-corrected chi connectivity index (χ3v) is 4.86. The average Bonchev–Trinajstić information content (AvgIpc) is 3.46. The van der Waals surface area contributed by atoms with Crippen molar-refractivity contribution in [3.8, 4) is 17.1 Å². The first-order valence-electron chi connectivity index (χ1n) is 10.3. The largest absolute Gasteiger partial charge is 0.490 e. The predicted octanol–water partition coefficient (Wildman–Crippen LogP) is 3.52. The Balaban J connectivity index is 0.000000932. The summed E-state index contributed by atoms with van der Waals surface area (Å²) in [5.41, 5.74) is 2.67. The number of ether oxygens (including phenoxy) is 1. The molecule has 3 aromatic heterocycles. The SMILES string of the molecule is CC.c1cc(-c2cnc3cc(OC4CC4)ccn23)nc(NC2CCCNC2)n1. The second-order valence-electron chi connectivity index (χ2n) is 7.00. The summed E-state index contributed by atoms with van der Waals surface area (Å²) in [6, 6.07) is 6.27. The number of aromatic nitrogens is 4. The maximum Gasteiger partial charge on any atom is 0.223 e. The lowest BCUT2D eigenvalue weighted by atomic mass is 10.1. The van der Waals surface area contributed by atoms with Crippen LogP contribution in [0.25, 0.3) is 17.0 Å². The van der Waals surface area contributed by atoms with Gasteiger partial charge in [0.15, 0.2) is 0 Å². The van der Waals surface area contributed by atoms with Crippen LogP contribution in [-0.4, -0.2) is 44.6 Å². The van der Waals surface area contributed by atoms with Gasteiger partial charge in [-0.25, -0.2) is 15.0 Å². The van der Waals surface area contributed by atoms with Crippen LogP contribution in [0.3, 0.4) is 0 Å². The van der Waals surface area contributed by atoms with Gasteiger partial charge in [0.25, 0.3) is 0 Å². The number of hydrogen-bond acceptors (Lipinski definition) is 6. The van der Waals surface area contributed by atoms with E-state index in [2.05, 4.69) is 20.6 Å². The Labute approximate surface area is 165 Å². The van der Waals surface area contributed by atoms with Crippen molar-refractivity contribution in [1.29, 1.82) is 0 Å². The molecule has 5 rings (SSSR count). The van der Waals surface area contributed by atoms with Crippen LogP contribution in [-0.2, 0) is 0 Å². The second kappa shape index (κ2) is 8.56. The van der Waals surface area contributed by atoms with Gasteiger partial charge in [0.05, 0.1) is 23.7 Å². The van der Waals surface area contributed by atoms with E-state index in [9.17, 15) is 0 Å². The highest BCUT2D eigenvalue weighted by molar-refractivity contribution is 5.62. The van der Waals surface area contributed by atoms with Gasteiger partial charge in [-0.3, -0.25) is 4.40 Å². The fraction of sp³-hybridized carbons (Fsp3) is 0.476. The molecule has 0 bridgehead atoms. The van der Waals surface area contributed by atoms with Crippen molar-refractivity contribution in [3.63, 3.8) is 0 Å². The Morgan fingerprint density at radius 1 is 1.18 bits per heavy atom. The molecule has 7 heteroatoms. The molecule has 1 aliphatic carbocycles. The molecule has 28 heavy (non-hydrogen) atoms. The van der Waals surface area contributed by atoms with E-state index in [1.54, 1.807) is 6.20 Å². The maximum atomic E-state index is 5.86. The zero-order chi connectivity index (χ0) is 19.3. The van der Waals surface area contributed by atoms with Crippen LogP contribution >= 0.6 is 0 Å². The number of anilines is 1. The Morgan fingerprint density at radius 2 is 2.07 bits per heavy atom. The van der Waals surface area contributed by atoms with Gasteiger partial charge in [0.1, 0.15) is 11.4 Å². The normalized spacial score (nSPS) is 19.0. The highest BCUT2D eigenvalue weighted by Gasteiger charge is 2.23. The molecule has 1 saturated heterocycles. The number of fused-ring (bicyclic) bond motifs is 1. The predicted molar refractivity (Wildman–Crippen MR) is 111 cm³/mol. The van der Waals surface area contributed by atoms with Gasteiger partial charge in [-0.15, -0.1) is 0 Å². The average molecular weight is 380 g/mol. The van der Waals surface area contributed by atoms with Crippen LogP contribution in [0.5, 0.6) is 5.75 Å². The van der Waals surface area contributed by atoms with Gasteiger partial charge in [-0.05, 0) is 44.4 Å². The zero-order valence-corrected chi connectivity index (χ0v) is 16.6. The molecule has 1 unspecified atom stereocenters. The smallest absolute Gasteiger partial charge is 0.223 e. The van der Waals surface area contributed by atoms with Crippen LogP contribution in [0.2, 0.25) is 0 Å². The van der Waals surface area contributed by atoms with E-state index in [0.29, 0.717) is 18.1 Å². The van der Waals surface area contributed by atoms with Crippen molar-refractivity contribution in [2.24, 2.45) is 0 Å². The number of nitrogens with zero attached hydrogens (tertiary/aromatic N) is 4. The number of piperidine rings is 1. The molecule has 0 aromatic carbocycles. The van der Waals surface area contributed by atoms with Gasteiger partial charge < -0.3 is 15.4 Å². The minimum atomic E-state index is 0.378. The summed E-state index contributed by atoms with van der Waals surface area (Å²) in [6.45, 7) is 6.04. The molecule has 0 radical (unpaired) electrons. The molecular formula is C21H28N6O. The lowest BCUT2D eigenvalue weighted by Crippen LogP contribution is -2.38. The molecule has 7 nitrogen and oxygen atoms in total. The topological polar surface area (TPSA) is 76.4 Å². The summed E-state index contributed by atoms with van der Waals surface area (Å²) in [5, 5.41) is 6.84. The fourth-order valence-electron chi connectivity index (χ4n) is 3.33. The molecule has 2 fully saturated rings. The van der Waals surface area contributed by atoms with E-state index < -0.39 is 0 Å². The molecule has 4 heterocycles. The standard InChI is InChI=1S/C19H22N6O.C2H6/c1-2-13(11-20-7-1)23-19-21-8-5-16(24-19)17-12-22-18-10-15(6-9-25(17)18)26-14-3-4-14;1-2/h5-6,8-10,12-14,20H,1-4,7,11H2,(H,21,23,24);1-2H3. The van der Waals surface area contributed by atoms with E-state index in [1.165, 1.54) is 6.42 Å². The number of imidazole rings is 1. The molecule has 2 aliphatic rings. The highest BCUT2D eigenvalue weighted by Crippen LogP contribution is 2.28. The Morgan fingerprint density at radius 3 is 2.86 bits per heavy atom. The number of rotatable bonds is 5. The van der Waals surface area contributed by atoms with Crippen LogP contribution in [0, 0.1) is 0 Å². The number of nitrogens with one attached hydrogen (secondary N) is 2. The van der Waals surface area contributed by atoms with Gasteiger partial charge in [-0.1, -0.05) is 13.8 Å². The minimum Gasteiger partial charge on any atom is -0.490 e. The molecule has 0 amide bonds. The third kappa shape index (κ3) is 4.25. The quantitative estimate of drug-likeness (QED) is 0.705. The van der Waals surface area contributed by atoms with Crippen molar-refractivity contribution < 1.29 is 4.74 Å². The van der Waals surface area contributed by atoms with Gasteiger partial charge in [0.2, 0.25) is 5.95 Å². The summed E-state index contributed by atoms with van der Waals surface area (Å²) in [4.78, 5) is 13.6. The molecule has 1 saturated carbocycles. The Bertz CT molecular complexity index is 914. The van der Waals surface area contributed by atoms with E-state index in [1.807, 2.05) is 48.8 Å². The Kier molecular flexibility index (Phi) is 5.71. The summed E-state index contributed by atoms with van der Waals surface area (Å²) < 4.78 is 7.89. The Hall–Kier alpha value is -2.67. The van der Waals surface area contributed by atoms with E-state index in [0.717, 1.165) is 55.1 Å². The maximum absolute atomic E-state index is 5.86. The second-order valence-corrected chi connectivity index (χ2v) is 7.00. The monoisotopic (exact) mass is 380 g/mol. The molecule has 148 valence electrons. The van der Waals surface area contributed by atoms with Crippen LogP contribution < -0.4 is 15.4 Å². The van der Waals surface area contributed by atoms with Crippen molar-refractivity contribution in [1.82, 2.24) is 24.7 Å². The lowest BCUT2D eigenvalue weighted by molar-refractivity contribution is 0.303. The third-order valence-electron chi connectivity index (χ3n) is 4.86. The van der Waals surface area contributed by atoms with Gasteiger partial charge in [0, 0.05) is 31.0 Å². The summed E-state index contributed by atoms with van der Waals surface area (Å²) >= 11 is 0. The van der Waals surface area contributed by atoms with E-state index in [-0.39, 0.29) is 0 Å². The minimum absolute atomic E-state index is 0.378. The summed E-state index contributed by atoms with van der Waals surface area (Å²) in [6.07, 6.45) is 10.6. The van der Waals surface area contributed by atoms with E-state index in [4.69, 9.17) is 9.72 Å². The van der Waals surface area contributed by atoms with Gasteiger partial charge >= 0.3 is 0 Å². The first kappa shape index (κ1) is 18.7. The highest BCUT2D eigenvalue weighted by atomic mass is 16.5. The fourth-order valence-corrected chi connectivity index (χ4v) is 3.33. The molecule has 2 N–H and O–H groups in total. The zero-order valence-electron chi connectivity index (χ0n) is 16.6. The molecule has 1 atom stereocenters. The lowest BCUT2D eigenvalue weighted by Gasteiger charge is -2.23. The molecule has 0 spiro atoms. The first-order chi connectivity index (χ1) is 13.8. The van der Waals surface area contributed by atoms with Gasteiger partial charge in [-0.2, -0.15) is 0 Å². The molecule has 3 aromatic rings. The van der Waals surface area contributed by atoms with Crippen molar-refractivity contribution in [2.75, 3.05) is 18.4 Å².